The first-order chi connectivity index (χ1) is 11.1. The van der Waals surface area contributed by atoms with E-state index in [0.717, 1.165) is 24.3 Å². The van der Waals surface area contributed by atoms with E-state index in [4.69, 9.17) is 11.6 Å². The highest BCUT2D eigenvalue weighted by Crippen LogP contribution is 2.23. The normalized spacial score (nSPS) is 13.9. The van der Waals surface area contributed by atoms with Crippen molar-refractivity contribution in [2.75, 3.05) is 6.26 Å². The van der Waals surface area contributed by atoms with Crippen LogP contribution in [0.2, 0.25) is 5.02 Å². The number of carbonyl (C=O) groups excluding carboxylic acids is 1. The number of nitrogens with zero attached hydrogens (tertiary/aromatic N) is 1. The number of hydrogen-bond acceptors (Lipinski definition) is 3. The van der Waals surface area contributed by atoms with E-state index in [1.165, 1.54) is 30.5 Å². The first-order valence-electron chi connectivity index (χ1n) is 6.45. The zero-order valence-corrected chi connectivity index (χ0v) is 13.8. The molecule has 2 rings (SSSR count). The molecule has 24 heavy (non-hydrogen) atoms. The summed E-state index contributed by atoms with van der Waals surface area (Å²) in [6.07, 6.45) is -3.53. The molecule has 0 aliphatic rings. The van der Waals surface area contributed by atoms with Crippen molar-refractivity contribution in [3.8, 4) is 5.75 Å². The molecule has 128 valence electrons. The van der Waals surface area contributed by atoms with Gasteiger partial charge < -0.3 is 4.74 Å². The van der Waals surface area contributed by atoms with E-state index in [9.17, 15) is 22.2 Å². The summed E-state index contributed by atoms with van der Waals surface area (Å²) >= 11 is 5.74. The van der Waals surface area contributed by atoms with Crippen molar-refractivity contribution in [2.24, 2.45) is 4.36 Å². The maximum atomic E-state index is 12.5. The van der Waals surface area contributed by atoms with E-state index in [2.05, 4.69) is 9.10 Å². The van der Waals surface area contributed by atoms with Gasteiger partial charge in [-0.3, -0.25) is 4.79 Å². The molecule has 1 amide bonds. The van der Waals surface area contributed by atoms with Crippen LogP contribution in [0, 0.1) is 0 Å². The summed E-state index contributed by atoms with van der Waals surface area (Å²) in [6, 6.07) is 10.2. The lowest BCUT2D eigenvalue weighted by atomic mass is 10.2. The number of rotatable bonds is 3. The molecule has 0 radical (unpaired) electrons. The van der Waals surface area contributed by atoms with Crippen LogP contribution < -0.4 is 4.74 Å². The Bertz CT molecular complexity index is 855. The number of amides is 1. The van der Waals surface area contributed by atoms with Crippen LogP contribution in [0.3, 0.4) is 0 Å². The lowest BCUT2D eigenvalue weighted by Gasteiger charge is -2.08. The fourth-order valence-electron chi connectivity index (χ4n) is 1.75. The van der Waals surface area contributed by atoms with Crippen molar-refractivity contribution in [2.45, 2.75) is 11.3 Å². The Morgan fingerprint density at radius 1 is 1.08 bits per heavy atom. The first-order valence-corrected chi connectivity index (χ1v) is 8.75. The van der Waals surface area contributed by atoms with Gasteiger partial charge in [0.1, 0.15) is 5.75 Å². The Morgan fingerprint density at radius 3 is 2.12 bits per heavy atom. The van der Waals surface area contributed by atoms with Gasteiger partial charge in [-0.05, 0) is 48.5 Å². The summed E-state index contributed by atoms with van der Waals surface area (Å²) in [5.41, 5.74) is -0.00642. The summed E-state index contributed by atoms with van der Waals surface area (Å²) in [7, 11) is -3.01. The van der Waals surface area contributed by atoms with E-state index in [-0.39, 0.29) is 5.56 Å². The predicted molar refractivity (Wildman–Crippen MR) is 83.7 cm³/mol. The number of ether oxygens (including phenoxy) is 1. The van der Waals surface area contributed by atoms with Crippen LogP contribution in [0.5, 0.6) is 5.75 Å². The molecule has 0 heterocycles. The molecule has 0 aliphatic carbocycles. The number of benzene rings is 2. The van der Waals surface area contributed by atoms with Gasteiger partial charge in [0, 0.05) is 21.7 Å². The van der Waals surface area contributed by atoms with Gasteiger partial charge in [-0.2, -0.15) is 4.36 Å². The molecule has 0 unspecified atom stereocenters. The van der Waals surface area contributed by atoms with Gasteiger partial charge in [-0.25, -0.2) is 4.21 Å². The minimum atomic E-state index is -4.82. The molecule has 0 spiro atoms. The third kappa shape index (κ3) is 4.97. The van der Waals surface area contributed by atoms with Crippen molar-refractivity contribution < 1.29 is 26.9 Å². The Labute approximate surface area is 141 Å². The third-order valence-corrected chi connectivity index (χ3v) is 4.76. The predicted octanol–water partition coefficient (Wildman–Crippen LogP) is 4.54. The highest BCUT2D eigenvalue weighted by Gasteiger charge is 2.31. The Morgan fingerprint density at radius 2 is 1.62 bits per heavy atom. The van der Waals surface area contributed by atoms with E-state index < -0.39 is 27.7 Å². The topological polar surface area (TPSA) is 55.7 Å². The largest absolute Gasteiger partial charge is 0.573 e. The van der Waals surface area contributed by atoms with Gasteiger partial charge in [0.05, 0.1) is 9.73 Å². The molecule has 9 heteroatoms. The van der Waals surface area contributed by atoms with E-state index in [1.54, 1.807) is 0 Å². The number of hydrogen-bond donors (Lipinski definition) is 0. The van der Waals surface area contributed by atoms with Crippen molar-refractivity contribution in [1.82, 2.24) is 0 Å². The molecule has 2 aromatic carbocycles. The summed E-state index contributed by atoms with van der Waals surface area (Å²) < 4.78 is 56.2. The van der Waals surface area contributed by atoms with E-state index in [1.807, 2.05) is 0 Å². The first kappa shape index (κ1) is 18.3. The second-order valence-corrected chi connectivity index (χ2v) is 7.42. The molecule has 2 aromatic rings. The molecule has 0 saturated carbocycles. The lowest BCUT2D eigenvalue weighted by molar-refractivity contribution is -0.274. The van der Waals surface area contributed by atoms with Crippen LogP contribution >= 0.6 is 11.6 Å². The van der Waals surface area contributed by atoms with Crippen molar-refractivity contribution in [3.05, 3.63) is 59.1 Å². The van der Waals surface area contributed by atoms with Crippen LogP contribution in [0.25, 0.3) is 0 Å². The summed E-state index contributed by atoms with van der Waals surface area (Å²) in [6.45, 7) is 0. The van der Waals surface area contributed by atoms with E-state index in [0.29, 0.717) is 9.92 Å². The van der Waals surface area contributed by atoms with Crippen LogP contribution in [0.15, 0.2) is 57.8 Å². The van der Waals surface area contributed by atoms with Crippen LogP contribution in [-0.4, -0.2) is 22.7 Å². The quantitative estimate of drug-likeness (QED) is 0.789. The van der Waals surface area contributed by atoms with Crippen molar-refractivity contribution in [3.63, 3.8) is 0 Å². The number of alkyl halides is 3. The Kier molecular flexibility index (Phi) is 5.19. The molecule has 0 saturated heterocycles. The standard InChI is InChI=1S/C15H11ClF3NO3S/c1-24(22,13-8-4-11(16)5-9-13)20-14(21)10-2-6-12(7-3-10)23-15(17,18)19/h2-9H,1H3/t24-/m0/s1. The zero-order valence-electron chi connectivity index (χ0n) is 12.2. The molecule has 0 aromatic heterocycles. The van der Waals surface area contributed by atoms with Crippen LogP contribution in [0.1, 0.15) is 10.4 Å². The molecular formula is C15H11ClF3NO3S. The minimum Gasteiger partial charge on any atom is -0.406 e. The molecule has 1 atom stereocenters. The van der Waals surface area contributed by atoms with Crippen LogP contribution in [0.4, 0.5) is 13.2 Å². The van der Waals surface area contributed by atoms with Crippen LogP contribution in [-0.2, 0) is 9.73 Å². The van der Waals surface area contributed by atoms with E-state index >= 15 is 0 Å². The van der Waals surface area contributed by atoms with Gasteiger partial charge in [-0.1, -0.05) is 11.6 Å². The maximum Gasteiger partial charge on any atom is 0.573 e. The van der Waals surface area contributed by atoms with Crippen molar-refractivity contribution >= 4 is 27.2 Å². The Balaban J connectivity index is 2.25. The summed E-state index contributed by atoms with van der Waals surface area (Å²) in [5.74, 6) is -1.27. The Hall–Kier alpha value is -2.06. The monoisotopic (exact) mass is 377 g/mol. The molecule has 0 N–H and O–H groups in total. The van der Waals surface area contributed by atoms with Gasteiger partial charge in [0.2, 0.25) is 0 Å². The average Bonchev–Trinajstić information content (AvgIpc) is 2.46. The lowest BCUT2D eigenvalue weighted by Crippen LogP contribution is -2.17. The van der Waals surface area contributed by atoms with Crippen molar-refractivity contribution in [1.29, 1.82) is 0 Å². The van der Waals surface area contributed by atoms with Gasteiger partial charge in [0.15, 0.2) is 0 Å². The SMILES string of the molecule is C[S@@](=O)(=NC(=O)c1ccc(OC(F)(F)F)cc1)c1ccc(Cl)cc1. The third-order valence-electron chi connectivity index (χ3n) is 2.84. The summed E-state index contributed by atoms with van der Waals surface area (Å²) in [5, 5.41) is 0.445. The fourth-order valence-corrected chi connectivity index (χ4v) is 3.04. The molecular weight excluding hydrogens is 367 g/mol. The smallest absolute Gasteiger partial charge is 0.406 e. The average molecular weight is 378 g/mol. The van der Waals surface area contributed by atoms with Gasteiger partial charge in [0.25, 0.3) is 5.91 Å². The maximum absolute atomic E-state index is 12.5. The highest BCUT2D eigenvalue weighted by atomic mass is 35.5. The molecule has 0 fully saturated rings. The van der Waals surface area contributed by atoms with Gasteiger partial charge in [-0.15, -0.1) is 13.2 Å². The summed E-state index contributed by atoms with van der Waals surface area (Å²) in [4.78, 5) is 12.4. The highest BCUT2D eigenvalue weighted by molar-refractivity contribution is 7.93. The second kappa shape index (κ2) is 6.82. The molecule has 4 nitrogen and oxygen atoms in total. The zero-order chi connectivity index (χ0) is 18.0. The van der Waals surface area contributed by atoms with Gasteiger partial charge >= 0.3 is 6.36 Å². The molecule has 0 aliphatic heterocycles. The number of carbonyl (C=O) groups is 1. The fraction of sp³-hybridized carbons (Fsp3) is 0.133. The number of halogens is 4. The molecule has 0 bridgehead atoms. The second-order valence-electron chi connectivity index (χ2n) is 4.73. The minimum absolute atomic E-state index is 0.00642.